The van der Waals surface area contributed by atoms with Crippen LogP contribution >= 0.6 is 22.9 Å². The molecule has 0 radical (unpaired) electrons. The number of anilines is 1. The molecule has 5 rings (SSSR count). The summed E-state index contributed by atoms with van der Waals surface area (Å²) in [6.07, 6.45) is 3.90. The van der Waals surface area contributed by atoms with Gasteiger partial charge in [-0.05, 0) is 72.4 Å². The molecular weight excluding hydrogens is 602 g/mol. The minimum Gasteiger partial charge on any atom is -0.444 e. The number of halogens is 1. The van der Waals surface area contributed by atoms with Crippen LogP contribution in [0.2, 0.25) is 5.28 Å². The van der Waals surface area contributed by atoms with Crippen LogP contribution in [-0.4, -0.2) is 87.2 Å². The second-order valence-electron chi connectivity index (χ2n) is 12.9. The molecule has 12 nitrogen and oxygen atoms in total. The van der Waals surface area contributed by atoms with E-state index in [1.165, 1.54) is 0 Å². The topological polar surface area (TPSA) is 137 Å². The fraction of sp³-hybridized carbons (Fsp3) is 0.567. The van der Waals surface area contributed by atoms with Gasteiger partial charge in [0.2, 0.25) is 17.0 Å². The summed E-state index contributed by atoms with van der Waals surface area (Å²) in [4.78, 5) is 37.9. The summed E-state index contributed by atoms with van der Waals surface area (Å²) >= 11 is 7.96. The molecule has 3 aromatic rings. The summed E-state index contributed by atoms with van der Waals surface area (Å²) in [5.41, 5.74) is 0.640. The third-order valence-electron chi connectivity index (χ3n) is 7.77. The maximum Gasteiger partial charge on any atom is 0.410 e. The van der Waals surface area contributed by atoms with Gasteiger partial charge in [-0.1, -0.05) is 5.16 Å². The minimum absolute atomic E-state index is 0.0536. The summed E-state index contributed by atoms with van der Waals surface area (Å²) in [6, 6.07) is 3.91. The normalized spacial score (nSPS) is 22.2. The Labute approximate surface area is 266 Å². The molecule has 3 aromatic heterocycles. The quantitative estimate of drug-likeness (QED) is 0.191. The molecule has 1 aliphatic carbocycles. The van der Waals surface area contributed by atoms with E-state index in [1.807, 2.05) is 60.5 Å². The zero-order valence-corrected chi connectivity index (χ0v) is 28.0. The van der Waals surface area contributed by atoms with Crippen LogP contribution in [0, 0.1) is 11.3 Å². The molecule has 0 N–H and O–H groups in total. The highest BCUT2D eigenvalue weighted by Crippen LogP contribution is 2.50. The van der Waals surface area contributed by atoms with Crippen molar-refractivity contribution in [1.29, 1.82) is 5.26 Å². The molecule has 4 heterocycles. The van der Waals surface area contributed by atoms with Crippen molar-refractivity contribution < 1.29 is 14.1 Å². The summed E-state index contributed by atoms with van der Waals surface area (Å²) in [7, 11) is 3.78. The van der Waals surface area contributed by atoms with Crippen LogP contribution in [0.25, 0.3) is 11.5 Å². The lowest BCUT2D eigenvalue weighted by atomic mass is 9.72. The van der Waals surface area contributed by atoms with Gasteiger partial charge in [-0.2, -0.15) is 10.2 Å². The molecular formula is C30H38ClN9O3S. The molecule has 1 saturated heterocycles. The van der Waals surface area contributed by atoms with Crippen molar-refractivity contribution in [1.82, 2.24) is 29.9 Å². The molecule has 0 unspecified atom stereocenters. The van der Waals surface area contributed by atoms with Crippen molar-refractivity contribution >= 4 is 46.2 Å². The lowest BCUT2D eigenvalue weighted by Crippen LogP contribution is -2.59. The SMILES string of the molecule is C[C@@H]1CN(c2cc(-c3noc([C@@]4(C)CCCc5sc(/N=C/N(C)C)c(C#N)c54)n3)nc(Cl)n2)C[C@H](C)N1C(=O)OC(C)(C)C. The van der Waals surface area contributed by atoms with Gasteiger partial charge in [0, 0.05) is 43.7 Å². The molecule has 0 aromatic carbocycles. The van der Waals surface area contributed by atoms with Crippen molar-refractivity contribution in [2.45, 2.75) is 83.9 Å². The molecule has 1 amide bonds. The third kappa shape index (κ3) is 6.23. The van der Waals surface area contributed by atoms with Crippen molar-refractivity contribution in [3.63, 3.8) is 0 Å². The number of aryl methyl sites for hydroxylation is 1. The monoisotopic (exact) mass is 639 g/mol. The van der Waals surface area contributed by atoms with Gasteiger partial charge in [-0.3, -0.25) is 4.90 Å². The van der Waals surface area contributed by atoms with Crippen LogP contribution in [0.15, 0.2) is 15.6 Å². The van der Waals surface area contributed by atoms with E-state index >= 15 is 0 Å². The molecule has 234 valence electrons. The van der Waals surface area contributed by atoms with Gasteiger partial charge >= 0.3 is 6.09 Å². The number of thiophene rings is 1. The molecule has 1 fully saturated rings. The number of ether oxygens (including phenoxy) is 1. The third-order valence-corrected chi connectivity index (χ3v) is 9.10. The molecule has 44 heavy (non-hydrogen) atoms. The predicted octanol–water partition coefficient (Wildman–Crippen LogP) is 5.81. The predicted molar refractivity (Wildman–Crippen MR) is 170 cm³/mol. The van der Waals surface area contributed by atoms with Crippen LogP contribution in [0.1, 0.15) is 76.3 Å². The maximum absolute atomic E-state index is 12.9. The van der Waals surface area contributed by atoms with Crippen LogP contribution < -0.4 is 4.90 Å². The summed E-state index contributed by atoms with van der Waals surface area (Å²) in [6.45, 7) is 12.7. The molecule has 1 aliphatic heterocycles. The van der Waals surface area contributed by atoms with Gasteiger partial charge in [-0.15, -0.1) is 11.3 Å². The number of nitriles is 1. The van der Waals surface area contributed by atoms with Crippen molar-refractivity contribution in [3.05, 3.63) is 33.2 Å². The van der Waals surface area contributed by atoms with E-state index < -0.39 is 11.0 Å². The molecule has 0 bridgehead atoms. The van der Waals surface area contributed by atoms with Gasteiger partial charge in [-0.25, -0.2) is 19.8 Å². The molecule has 3 atom stereocenters. The average Bonchev–Trinajstić information content (AvgIpc) is 3.56. The average molecular weight is 640 g/mol. The van der Waals surface area contributed by atoms with E-state index in [0.29, 0.717) is 41.1 Å². The van der Waals surface area contributed by atoms with E-state index in [-0.39, 0.29) is 29.3 Å². The highest BCUT2D eigenvalue weighted by molar-refractivity contribution is 7.16. The van der Waals surface area contributed by atoms with Crippen molar-refractivity contribution in [2.75, 3.05) is 32.1 Å². The Bertz CT molecular complexity index is 1610. The number of carbonyl (C=O) groups is 1. The summed E-state index contributed by atoms with van der Waals surface area (Å²) in [5.74, 6) is 1.30. The molecule has 0 spiro atoms. The largest absolute Gasteiger partial charge is 0.444 e. The van der Waals surface area contributed by atoms with Crippen LogP contribution in [0.4, 0.5) is 15.6 Å². The fourth-order valence-corrected chi connectivity index (χ4v) is 7.38. The Kier molecular flexibility index (Phi) is 8.61. The summed E-state index contributed by atoms with van der Waals surface area (Å²) in [5, 5.41) is 15.2. The van der Waals surface area contributed by atoms with Crippen LogP contribution in [0.3, 0.4) is 0 Å². The zero-order chi connectivity index (χ0) is 32.0. The number of nitrogens with zero attached hydrogens (tertiary/aromatic N) is 9. The second-order valence-corrected chi connectivity index (χ2v) is 14.3. The Morgan fingerprint density at radius 2 is 1.98 bits per heavy atom. The van der Waals surface area contributed by atoms with E-state index in [0.717, 1.165) is 29.7 Å². The van der Waals surface area contributed by atoms with Gasteiger partial charge in [0.25, 0.3) is 0 Å². The first-order valence-electron chi connectivity index (χ1n) is 14.6. The highest BCUT2D eigenvalue weighted by Gasteiger charge is 2.43. The van der Waals surface area contributed by atoms with Crippen LogP contribution in [-0.2, 0) is 16.6 Å². The minimum atomic E-state index is -0.658. The van der Waals surface area contributed by atoms with E-state index in [1.54, 1.807) is 28.6 Å². The summed E-state index contributed by atoms with van der Waals surface area (Å²) < 4.78 is 11.5. The van der Waals surface area contributed by atoms with E-state index in [4.69, 9.17) is 25.8 Å². The number of aromatic nitrogens is 4. The zero-order valence-electron chi connectivity index (χ0n) is 26.4. The number of aliphatic imine (C=N–C) groups is 1. The number of piperazine rings is 1. The smallest absolute Gasteiger partial charge is 0.410 e. The first-order valence-corrected chi connectivity index (χ1v) is 15.8. The Morgan fingerprint density at radius 3 is 2.61 bits per heavy atom. The van der Waals surface area contributed by atoms with Gasteiger partial charge in [0.15, 0.2) is 0 Å². The Balaban J connectivity index is 1.43. The maximum atomic E-state index is 12.9. The van der Waals surface area contributed by atoms with Gasteiger partial charge < -0.3 is 19.1 Å². The van der Waals surface area contributed by atoms with Crippen LogP contribution in [0.5, 0.6) is 0 Å². The number of amides is 1. The highest BCUT2D eigenvalue weighted by atomic mass is 35.5. The first-order chi connectivity index (χ1) is 20.7. The molecule has 2 aliphatic rings. The Hall–Kier alpha value is -3.76. The second kappa shape index (κ2) is 12.0. The number of hydrogen-bond donors (Lipinski definition) is 0. The number of hydrogen-bond acceptors (Lipinski definition) is 11. The fourth-order valence-electron chi connectivity index (χ4n) is 5.95. The number of carbonyl (C=O) groups excluding carboxylic acids is 1. The molecule has 14 heteroatoms. The lowest BCUT2D eigenvalue weighted by Gasteiger charge is -2.44. The number of rotatable bonds is 5. The van der Waals surface area contributed by atoms with E-state index in [2.05, 4.69) is 31.1 Å². The standard InChI is InChI=1S/C30H38ClN9O3S/c1-17-14-39(15-18(2)40(17)28(41)42-29(3,4)5)22-12-20(34-27(31)35-22)24-36-26(43-37-24)30(6)11-9-10-21-23(30)19(13-32)25(44-21)33-16-38(7)8/h12,16-18H,9-11,14-15H2,1-8H3/b33-16+/t17-,18+,30-/m0/s1. The molecule has 0 saturated carbocycles. The first kappa shape index (κ1) is 31.7. The van der Waals surface area contributed by atoms with Gasteiger partial charge in [0.05, 0.1) is 29.4 Å². The van der Waals surface area contributed by atoms with Crippen molar-refractivity contribution in [3.8, 4) is 17.6 Å². The number of fused-ring (bicyclic) bond motifs is 1. The lowest BCUT2D eigenvalue weighted by molar-refractivity contribution is 0.00560. The van der Waals surface area contributed by atoms with Gasteiger partial charge in [0.1, 0.15) is 28.2 Å². The van der Waals surface area contributed by atoms with E-state index in [9.17, 15) is 10.1 Å². The Morgan fingerprint density at radius 1 is 1.27 bits per heavy atom. The van der Waals surface area contributed by atoms with Crippen molar-refractivity contribution in [2.24, 2.45) is 4.99 Å².